The van der Waals surface area contributed by atoms with Crippen molar-refractivity contribution >= 4 is 5.69 Å². The second-order valence-electron chi connectivity index (χ2n) is 8.69. The summed E-state index contributed by atoms with van der Waals surface area (Å²) in [7, 11) is 0. The van der Waals surface area contributed by atoms with Crippen LogP contribution in [-0.2, 0) is 10.2 Å². The molecule has 1 saturated heterocycles. The average molecular weight is 351 g/mol. The largest absolute Gasteiger partial charge is 0.394 e. The van der Waals surface area contributed by atoms with Crippen LogP contribution in [0.15, 0.2) is 48.5 Å². The van der Waals surface area contributed by atoms with E-state index in [9.17, 15) is 5.11 Å². The highest BCUT2D eigenvalue weighted by atomic mass is 16.5. The molecule has 4 atom stereocenters. The number of benzene rings is 2. The van der Waals surface area contributed by atoms with Gasteiger partial charge in [-0.3, -0.25) is 0 Å². The van der Waals surface area contributed by atoms with Crippen molar-refractivity contribution in [1.82, 2.24) is 0 Å². The van der Waals surface area contributed by atoms with Gasteiger partial charge in [-0.2, -0.15) is 0 Å². The molecule has 0 aromatic heterocycles. The third kappa shape index (κ3) is 3.15. The van der Waals surface area contributed by atoms with Crippen molar-refractivity contribution in [3.63, 3.8) is 0 Å². The molecule has 0 amide bonds. The van der Waals surface area contributed by atoms with Crippen LogP contribution in [0.25, 0.3) is 0 Å². The number of ether oxygens (including phenoxy) is 1. The minimum atomic E-state index is -0.0584. The summed E-state index contributed by atoms with van der Waals surface area (Å²) in [5.74, 6) is 0.378. The highest BCUT2D eigenvalue weighted by molar-refractivity contribution is 5.59. The molecule has 2 aliphatic heterocycles. The number of anilines is 1. The van der Waals surface area contributed by atoms with E-state index in [2.05, 4.69) is 74.6 Å². The van der Waals surface area contributed by atoms with Gasteiger partial charge in [-0.15, -0.1) is 0 Å². The molecule has 2 N–H and O–H groups in total. The fourth-order valence-corrected chi connectivity index (χ4v) is 4.35. The van der Waals surface area contributed by atoms with Gasteiger partial charge in [0.15, 0.2) is 0 Å². The predicted molar refractivity (Wildman–Crippen MR) is 105 cm³/mol. The topological polar surface area (TPSA) is 41.5 Å². The Labute approximate surface area is 156 Å². The number of aliphatic hydroxyl groups excluding tert-OH is 1. The van der Waals surface area contributed by atoms with Gasteiger partial charge >= 0.3 is 0 Å². The van der Waals surface area contributed by atoms with E-state index in [1.54, 1.807) is 0 Å². The molecule has 2 aromatic rings. The molecule has 1 fully saturated rings. The van der Waals surface area contributed by atoms with Crippen molar-refractivity contribution < 1.29 is 9.84 Å². The van der Waals surface area contributed by atoms with E-state index in [4.69, 9.17) is 4.74 Å². The molecule has 4 unspecified atom stereocenters. The van der Waals surface area contributed by atoms with Gasteiger partial charge in [0.25, 0.3) is 0 Å². The quantitative estimate of drug-likeness (QED) is 0.802. The van der Waals surface area contributed by atoms with Crippen LogP contribution in [0, 0.1) is 5.92 Å². The number of rotatable bonds is 2. The first kappa shape index (κ1) is 17.6. The Balaban J connectivity index is 1.77. The van der Waals surface area contributed by atoms with Crippen molar-refractivity contribution in [3.05, 3.63) is 65.2 Å². The molecular weight excluding hydrogens is 322 g/mol. The fourth-order valence-electron chi connectivity index (χ4n) is 4.35. The predicted octanol–water partition coefficient (Wildman–Crippen LogP) is 4.98. The van der Waals surface area contributed by atoms with Crippen LogP contribution in [-0.4, -0.2) is 17.8 Å². The minimum Gasteiger partial charge on any atom is -0.394 e. The maximum atomic E-state index is 9.66. The van der Waals surface area contributed by atoms with Crippen molar-refractivity contribution in [2.24, 2.45) is 5.92 Å². The normalized spacial score (nSPS) is 28.0. The fraction of sp³-hybridized carbons (Fsp3) is 0.478. The van der Waals surface area contributed by atoms with E-state index in [-0.39, 0.29) is 30.3 Å². The molecule has 0 aliphatic carbocycles. The molecule has 2 aromatic carbocycles. The summed E-state index contributed by atoms with van der Waals surface area (Å²) in [5.41, 5.74) is 5.13. The Bertz CT molecular complexity index is 766. The Hall–Kier alpha value is -1.84. The van der Waals surface area contributed by atoms with Crippen LogP contribution in [0.4, 0.5) is 5.69 Å². The summed E-state index contributed by atoms with van der Waals surface area (Å²) in [6.07, 6.45) is 1.94. The molecule has 138 valence electrons. The lowest BCUT2D eigenvalue weighted by Crippen LogP contribution is -2.40. The Morgan fingerprint density at radius 3 is 2.54 bits per heavy atom. The molecule has 0 bridgehead atoms. The summed E-state index contributed by atoms with van der Waals surface area (Å²) < 4.78 is 6.40. The van der Waals surface area contributed by atoms with Gasteiger partial charge in [-0.1, -0.05) is 63.2 Å². The van der Waals surface area contributed by atoms with Gasteiger partial charge in [0, 0.05) is 17.2 Å². The first-order valence-electron chi connectivity index (χ1n) is 9.69. The lowest BCUT2D eigenvalue weighted by atomic mass is 9.75. The Morgan fingerprint density at radius 1 is 1.08 bits per heavy atom. The number of aliphatic hydroxyl groups is 1. The van der Waals surface area contributed by atoms with Gasteiger partial charge in [0.1, 0.15) is 0 Å². The van der Waals surface area contributed by atoms with E-state index in [1.165, 1.54) is 16.7 Å². The molecule has 2 heterocycles. The monoisotopic (exact) mass is 351 g/mol. The zero-order chi connectivity index (χ0) is 18.3. The van der Waals surface area contributed by atoms with E-state index < -0.39 is 0 Å². The van der Waals surface area contributed by atoms with Crippen LogP contribution >= 0.6 is 0 Å². The van der Waals surface area contributed by atoms with Gasteiger partial charge in [0.2, 0.25) is 0 Å². The third-order valence-corrected chi connectivity index (χ3v) is 5.88. The van der Waals surface area contributed by atoms with E-state index in [0.717, 1.165) is 18.5 Å². The molecule has 0 spiro atoms. The second kappa shape index (κ2) is 6.71. The van der Waals surface area contributed by atoms with E-state index in [1.807, 2.05) is 0 Å². The van der Waals surface area contributed by atoms with Crippen LogP contribution in [0.1, 0.15) is 62.4 Å². The van der Waals surface area contributed by atoms with E-state index in [0.29, 0.717) is 5.92 Å². The van der Waals surface area contributed by atoms with Gasteiger partial charge < -0.3 is 15.2 Å². The van der Waals surface area contributed by atoms with Crippen molar-refractivity contribution in [3.8, 4) is 0 Å². The van der Waals surface area contributed by atoms with Crippen molar-refractivity contribution in [2.75, 3.05) is 11.9 Å². The highest BCUT2D eigenvalue weighted by Crippen LogP contribution is 2.50. The molecule has 3 heteroatoms. The number of hydrogen-bond donors (Lipinski definition) is 2. The third-order valence-electron chi connectivity index (χ3n) is 5.88. The summed E-state index contributed by atoms with van der Waals surface area (Å²) in [6.45, 7) is 6.83. The van der Waals surface area contributed by atoms with Crippen LogP contribution in [0.3, 0.4) is 0 Å². The molecule has 0 saturated carbocycles. The first-order valence-corrected chi connectivity index (χ1v) is 9.69. The number of fused-ring (bicyclic) bond motifs is 3. The Kier molecular flexibility index (Phi) is 4.54. The highest BCUT2D eigenvalue weighted by Gasteiger charge is 2.42. The molecule has 2 aliphatic rings. The number of nitrogens with one attached hydrogen (secondary N) is 1. The first-order chi connectivity index (χ1) is 12.5. The Morgan fingerprint density at radius 2 is 1.85 bits per heavy atom. The maximum absolute atomic E-state index is 9.66. The summed E-state index contributed by atoms with van der Waals surface area (Å²) in [6, 6.07) is 17.6. The molecule has 0 radical (unpaired) electrons. The average Bonchev–Trinajstić information content (AvgIpc) is 2.66. The molecule has 3 nitrogen and oxygen atoms in total. The molecule has 26 heavy (non-hydrogen) atoms. The van der Waals surface area contributed by atoms with Gasteiger partial charge in [-0.05, 0) is 35.4 Å². The summed E-state index contributed by atoms with van der Waals surface area (Å²) >= 11 is 0. The van der Waals surface area contributed by atoms with Crippen LogP contribution in [0.5, 0.6) is 0 Å². The lowest BCUT2D eigenvalue weighted by Gasteiger charge is -2.45. The lowest BCUT2D eigenvalue weighted by molar-refractivity contribution is -0.110. The van der Waals surface area contributed by atoms with Crippen molar-refractivity contribution in [1.29, 1.82) is 0 Å². The number of hydrogen-bond acceptors (Lipinski definition) is 3. The second-order valence-corrected chi connectivity index (χ2v) is 8.69. The van der Waals surface area contributed by atoms with Gasteiger partial charge in [0.05, 0.1) is 24.9 Å². The van der Waals surface area contributed by atoms with Gasteiger partial charge in [-0.25, -0.2) is 0 Å². The smallest absolute Gasteiger partial charge is 0.0900 e. The standard InChI is InChI=1S/C23H29NO2/c1-23(2,3)16-9-12-20-19(13-16)22-18(11-10-17(14-25)26-22)21(24-20)15-7-5-4-6-8-15/h4-9,12-13,17-18,21-22,24-25H,10-11,14H2,1-3H3. The molecule has 4 rings (SSSR count). The molecular formula is C23H29NO2. The maximum Gasteiger partial charge on any atom is 0.0900 e. The zero-order valence-electron chi connectivity index (χ0n) is 15.9. The minimum absolute atomic E-state index is 0.0321. The van der Waals surface area contributed by atoms with Crippen LogP contribution in [0.2, 0.25) is 0 Å². The van der Waals surface area contributed by atoms with E-state index >= 15 is 0 Å². The van der Waals surface area contributed by atoms with Crippen LogP contribution < -0.4 is 5.32 Å². The summed E-state index contributed by atoms with van der Waals surface area (Å²) in [4.78, 5) is 0. The summed E-state index contributed by atoms with van der Waals surface area (Å²) in [5, 5.41) is 13.4. The van der Waals surface area contributed by atoms with Crippen molar-refractivity contribution in [2.45, 2.75) is 57.3 Å². The SMILES string of the molecule is CC(C)(C)c1ccc2c(c1)C1OC(CO)CCC1C(c1ccccc1)N2. The zero-order valence-corrected chi connectivity index (χ0v) is 15.9.